The summed E-state index contributed by atoms with van der Waals surface area (Å²) in [6, 6.07) is -0.869. The van der Waals surface area contributed by atoms with E-state index >= 15 is 0 Å². The highest BCUT2D eigenvalue weighted by Crippen LogP contribution is 2.43. The Balaban J connectivity index is 4.21. The minimum atomic E-state index is -4.36. The van der Waals surface area contributed by atoms with E-state index in [2.05, 4.69) is 55.6 Å². The molecule has 69 heavy (non-hydrogen) atoms. The summed E-state index contributed by atoms with van der Waals surface area (Å²) in [4.78, 5) is 23.3. The Bertz CT molecular complexity index is 1260. The van der Waals surface area contributed by atoms with Crippen LogP contribution in [0.15, 0.2) is 48.6 Å². The largest absolute Gasteiger partial charge is 0.472 e. The third-order valence-electron chi connectivity index (χ3n) is 13.3. The number of carbonyl (C=O) groups excluding carboxylic acids is 1. The van der Waals surface area contributed by atoms with Crippen molar-refractivity contribution < 1.29 is 32.9 Å². The van der Waals surface area contributed by atoms with Gasteiger partial charge in [0.15, 0.2) is 0 Å². The fourth-order valence-electron chi connectivity index (χ4n) is 8.62. The minimum absolute atomic E-state index is 0.0537. The molecule has 0 spiro atoms. The smallest absolute Gasteiger partial charge is 0.387 e. The molecule has 3 atom stereocenters. The molecule has 0 aliphatic carbocycles. The van der Waals surface area contributed by atoms with Crippen molar-refractivity contribution in [3.05, 3.63) is 48.6 Å². The molecule has 8 nitrogen and oxygen atoms in total. The van der Waals surface area contributed by atoms with E-state index < -0.39 is 20.0 Å². The van der Waals surface area contributed by atoms with E-state index in [0.717, 1.165) is 51.4 Å². The molecule has 0 radical (unpaired) electrons. The van der Waals surface area contributed by atoms with Gasteiger partial charge in [0.1, 0.15) is 13.2 Å². The molecule has 0 aromatic heterocycles. The highest BCUT2D eigenvalue weighted by Gasteiger charge is 2.27. The van der Waals surface area contributed by atoms with Gasteiger partial charge in [-0.1, -0.05) is 255 Å². The van der Waals surface area contributed by atoms with Gasteiger partial charge in [0, 0.05) is 6.42 Å². The summed E-state index contributed by atoms with van der Waals surface area (Å²) in [7, 11) is 1.55. The van der Waals surface area contributed by atoms with Crippen molar-refractivity contribution in [1.29, 1.82) is 0 Å². The highest BCUT2D eigenvalue weighted by atomic mass is 31.2. The molecule has 0 saturated heterocycles. The Morgan fingerprint density at radius 3 is 1.26 bits per heavy atom. The molecule has 0 heterocycles. The van der Waals surface area contributed by atoms with Crippen LogP contribution < -0.4 is 5.32 Å². The molecule has 0 aliphatic heterocycles. The lowest BCUT2D eigenvalue weighted by molar-refractivity contribution is -0.870. The number of allylic oxidation sites excluding steroid dienone is 7. The summed E-state index contributed by atoms with van der Waals surface area (Å²) in [6.07, 6.45) is 68.0. The van der Waals surface area contributed by atoms with Crippen molar-refractivity contribution in [2.75, 3.05) is 40.9 Å². The van der Waals surface area contributed by atoms with Crippen LogP contribution in [-0.4, -0.2) is 73.4 Å². The van der Waals surface area contributed by atoms with Gasteiger partial charge in [0.05, 0.1) is 39.9 Å². The number of hydrogen-bond acceptors (Lipinski definition) is 5. The maximum Gasteiger partial charge on any atom is 0.472 e. The molecule has 3 N–H and O–H groups in total. The first-order valence-electron chi connectivity index (χ1n) is 29.5. The summed E-state index contributed by atoms with van der Waals surface area (Å²) >= 11 is 0. The standard InChI is InChI=1S/C60H115N2O6P/c1-6-8-10-12-14-16-18-20-22-24-26-27-28-29-30-31-32-33-34-35-36-37-39-41-43-45-47-49-51-53-59(63)58(57-68-69(65,66)67-56-55-62(3,4)5)61-60(64)54-52-50-48-46-44-42-40-38-25-23-21-19-17-15-13-11-9-7-2/h17,19,23,25,43,45,51,53,58-59,63H,6-16,18,20-22,24,26-42,44,46-50,52,54-57H2,1-5H3,(H-,61,64,65,66)/p+1/b19-17-,25-23-,45-43+,53-51+. The molecular formula is C60H116N2O6P+. The van der Waals surface area contributed by atoms with Gasteiger partial charge in [-0.2, -0.15) is 0 Å². The Labute approximate surface area is 429 Å². The number of nitrogens with one attached hydrogen (secondary N) is 1. The van der Waals surface area contributed by atoms with E-state index in [-0.39, 0.29) is 19.1 Å². The zero-order valence-electron chi connectivity index (χ0n) is 46.3. The number of unbranched alkanes of at least 4 members (excludes halogenated alkanes) is 35. The van der Waals surface area contributed by atoms with E-state index in [9.17, 15) is 19.4 Å². The zero-order valence-corrected chi connectivity index (χ0v) is 47.2. The van der Waals surface area contributed by atoms with Gasteiger partial charge in [-0.3, -0.25) is 13.8 Å². The topological polar surface area (TPSA) is 105 Å². The highest BCUT2D eigenvalue weighted by molar-refractivity contribution is 7.47. The van der Waals surface area contributed by atoms with E-state index in [0.29, 0.717) is 17.4 Å². The third kappa shape index (κ3) is 54.1. The van der Waals surface area contributed by atoms with Crippen molar-refractivity contribution >= 4 is 13.7 Å². The molecule has 0 bridgehead atoms. The summed E-state index contributed by atoms with van der Waals surface area (Å²) in [5.41, 5.74) is 0. The number of aliphatic hydroxyl groups is 1. The number of phosphoric acid groups is 1. The van der Waals surface area contributed by atoms with Gasteiger partial charge in [-0.25, -0.2) is 4.57 Å². The summed E-state index contributed by atoms with van der Waals surface area (Å²) in [5.74, 6) is -0.193. The number of nitrogens with zero attached hydrogens (tertiary/aromatic N) is 1. The quantitative estimate of drug-likeness (QED) is 0.0243. The minimum Gasteiger partial charge on any atom is -0.387 e. The zero-order chi connectivity index (χ0) is 50.6. The number of likely N-dealkylation sites (N-methyl/N-ethyl adjacent to an activating group) is 1. The number of carbonyl (C=O) groups is 1. The van der Waals surface area contributed by atoms with Crippen LogP contribution in [0.3, 0.4) is 0 Å². The summed E-state index contributed by atoms with van der Waals surface area (Å²) in [6.45, 7) is 4.80. The number of phosphoric ester groups is 1. The molecule has 9 heteroatoms. The van der Waals surface area contributed by atoms with E-state index in [1.165, 1.54) is 205 Å². The lowest BCUT2D eigenvalue weighted by Crippen LogP contribution is -2.45. The van der Waals surface area contributed by atoms with Gasteiger partial charge in [-0.15, -0.1) is 0 Å². The second kappa shape index (κ2) is 51.4. The van der Waals surface area contributed by atoms with Crippen LogP contribution in [0.5, 0.6) is 0 Å². The predicted octanol–water partition coefficient (Wildman–Crippen LogP) is 17.9. The maximum absolute atomic E-state index is 13.0. The van der Waals surface area contributed by atoms with Crippen molar-refractivity contribution in [3.63, 3.8) is 0 Å². The second-order valence-electron chi connectivity index (χ2n) is 21.4. The SMILES string of the molecule is CCCCCC/C=C\C/C=C\CCCCCCCCCC(=O)NC(COP(=O)(O)OCC[N+](C)(C)C)C(O)/C=C/CC/C=C/CCCCCCCCCCCCCCCCCCCCCCCCC. The van der Waals surface area contributed by atoms with Gasteiger partial charge in [0.2, 0.25) is 5.91 Å². The molecule has 3 unspecified atom stereocenters. The lowest BCUT2D eigenvalue weighted by atomic mass is 10.0. The van der Waals surface area contributed by atoms with Crippen molar-refractivity contribution in [3.8, 4) is 0 Å². The Morgan fingerprint density at radius 1 is 0.493 bits per heavy atom. The Morgan fingerprint density at radius 2 is 0.841 bits per heavy atom. The van der Waals surface area contributed by atoms with Gasteiger partial charge in [0.25, 0.3) is 0 Å². The number of quaternary nitrogens is 1. The number of hydrogen-bond donors (Lipinski definition) is 3. The average molecular weight is 993 g/mol. The molecule has 0 aliphatic rings. The van der Waals surface area contributed by atoms with Crippen LogP contribution in [0, 0.1) is 0 Å². The van der Waals surface area contributed by atoms with Crippen molar-refractivity contribution in [2.45, 2.75) is 289 Å². The average Bonchev–Trinajstić information content (AvgIpc) is 3.31. The molecule has 0 aromatic rings. The number of rotatable bonds is 54. The summed E-state index contributed by atoms with van der Waals surface area (Å²) < 4.78 is 23.7. The first-order chi connectivity index (χ1) is 33.5. The monoisotopic (exact) mass is 992 g/mol. The van der Waals surface area contributed by atoms with Crippen molar-refractivity contribution in [1.82, 2.24) is 5.32 Å². The molecule has 0 rings (SSSR count). The van der Waals surface area contributed by atoms with Crippen molar-refractivity contribution in [2.24, 2.45) is 0 Å². The van der Waals surface area contributed by atoms with Crippen LogP contribution in [0.25, 0.3) is 0 Å². The van der Waals surface area contributed by atoms with Crippen LogP contribution in [-0.2, 0) is 18.4 Å². The Hall–Kier alpha value is -1.54. The molecular weight excluding hydrogens is 876 g/mol. The van der Waals surface area contributed by atoms with Gasteiger partial charge >= 0.3 is 7.82 Å². The Kier molecular flexibility index (Phi) is 50.2. The number of aliphatic hydroxyl groups excluding tert-OH is 1. The molecule has 0 aromatic carbocycles. The first-order valence-corrected chi connectivity index (χ1v) is 31.0. The molecule has 406 valence electrons. The second-order valence-corrected chi connectivity index (χ2v) is 22.8. The first kappa shape index (κ1) is 67.5. The predicted molar refractivity (Wildman–Crippen MR) is 300 cm³/mol. The van der Waals surface area contributed by atoms with E-state index in [1.807, 2.05) is 27.2 Å². The van der Waals surface area contributed by atoms with Gasteiger partial charge < -0.3 is 19.8 Å². The fourth-order valence-corrected chi connectivity index (χ4v) is 9.36. The molecule has 1 amide bonds. The summed E-state index contributed by atoms with van der Waals surface area (Å²) in [5, 5.41) is 13.9. The fraction of sp³-hybridized carbons (Fsp3) is 0.850. The van der Waals surface area contributed by atoms with E-state index in [4.69, 9.17) is 9.05 Å². The van der Waals surface area contributed by atoms with Gasteiger partial charge in [-0.05, 0) is 64.2 Å². The van der Waals surface area contributed by atoms with Crippen LogP contribution >= 0.6 is 7.82 Å². The third-order valence-corrected chi connectivity index (χ3v) is 14.3. The van der Waals surface area contributed by atoms with Crippen LogP contribution in [0.2, 0.25) is 0 Å². The normalized spacial score (nSPS) is 14.2. The lowest BCUT2D eigenvalue weighted by Gasteiger charge is -2.25. The molecule has 0 fully saturated rings. The molecule has 0 saturated carbocycles. The number of amides is 1. The maximum atomic E-state index is 13.0. The van der Waals surface area contributed by atoms with Crippen LogP contribution in [0.4, 0.5) is 0 Å². The van der Waals surface area contributed by atoms with Crippen LogP contribution in [0.1, 0.15) is 277 Å². The van der Waals surface area contributed by atoms with E-state index in [1.54, 1.807) is 6.08 Å².